The van der Waals surface area contributed by atoms with Crippen molar-refractivity contribution in [3.05, 3.63) is 41.6 Å². The number of aromatic carboxylic acids is 1. The lowest BCUT2D eigenvalue weighted by Crippen LogP contribution is -2.20. The minimum atomic E-state index is -1.18. The van der Waals surface area contributed by atoms with E-state index in [1.54, 1.807) is 24.3 Å². The maximum absolute atomic E-state index is 11.6. The van der Waals surface area contributed by atoms with Crippen molar-refractivity contribution < 1.29 is 19.4 Å². The van der Waals surface area contributed by atoms with Gasteiger partial charge in [0.05, 0.1) is 5.56 Å². The Balaban J connectivity index is 1.93. The number of anilines is 1. The molecule has 0 aliphatic heterocycles. The van der Waals surface area contributed by atoms with Gasteiger partial charge in [0.25, 0.3) is 5.91 Å². The molecule has 3 N–H and O–H groups in total. The predicted molar refractivity (Wildman–Crippen MR) is 70.8 cm³/mol. The second-order valence-corrected chi connectivity index (χ2v) is 3.92. The minimum absolute atomic E-state index is 0.0783. The SMILES string of the molecule is N#Cc1ccccc1OCC(=O)Nc1cc(C(=O)O)[nH]n1. The van der Waals surface area contributed by atoms with E-state index in [0.717, 1.165) is 0 Å². The standard InChI is InChI=1S/C13H10N4O4/c14-6-8-3-1-2-4-10(8)21-7-12(18)15-11-5-9(13(19)20)16-17-11/h1-5H,7H2,(H,19,20)(H2,15,16,17,18). The quantitative estimate of drug-likeness (QED) is 0.752. The molecule has 0 bridgehead atoms. The van der Waals surface area contributed by atoms with Crippen molar-refractivity contribution in [1.29, 1.82) is 5.26 Å². The van der Waals surface area contributed by atoms with Gasteiger partial charge in [-0.25, -0.2) is 4.79 Å². The Morgan fingerprint density at radius 1 is 1.43 bits per heavy atom. The summed E-state index contributed by atoms with van der Waals surface area (Å²) in [5.41, 5.74) is 0.180. The highest BCUT2D eigenvalue weighted by molar-refractivity contribution is 5.93. The molecule has 8 heteroatoms. The van der Waals surface area contributed by atoms with Crippen LogP contribution in [0, 0.1) is 11.3 Å². The molecule has 0 radical (unpaired) electrons. The number of ether oxygens (including phenoxy) is 1. The lowest BCUT2D eigenvalue weighted by atomic mass is 10.2. The highest BCUT2D eigenvalue weighted by Crippen LogP contribution is 2.16. The third kappa shape index (κ3) is 3.57. The second-order valence-electron chi connectivity index (χ2n) is 3.92. The smallest absolute Gasteiger partial charge is 0.353 e. The molecule has 0 spiro atoms. The van der Waals surface area contributed by atoms with Crippen LogP contribution in [0.3, 0.4) is 0 Å². The molecule has 0 aliphatic carbocycles. The lowest BCUT2D eigenvalue weighted by molar-refractivity contribution is -0.118. The number of hydrogen-bond donors (Lipinski definition) is 3. The average molecular weight is 286 g/mol. The Hall–Kier alpha value is -3.34. The number of carbonyl (C=O) groups excluding carboxylic acids is 1. The highest BCUT2D eigenvalue weighted by atomic mass is 16.5. The van der Waals surface area contributed by atoms with Crippen LogP contribution in [0.4, 0.5) is 5.82 Å². The van der Waals surface area contributed by atoms with Gasteiger partial charge in [-0.2, -0.15) is 10.4 Å². The zero-order valence-corrected chi connectivity index (χ0v) is 10.7. The van der Waals surface area contributed by atoms with E-state index >= 15 is 0 Å². The number of rotatable bonds is 5. The first-order chi connectivity index (χ1) is 10.1. The molecule has 0 atom stereocenters. The fraction of sp³-hybridized carbons (Fsp3) is 0.0769. The van der Waals surface area contributed by atoms with Crippen molar-refractivity contribution in [3.63, 3.8) is 0 Å². The highest BCUT2D eigenvalue weighted by Gasteiger charge is 2.11. The summed E-state index contributed by atoms with van der Waals surface area (Å²) in [4.78, 5) is 22.3. The van der Waals surface area contributed by atoms with Crippen molar-refractivity contribution >= 4 is 17.7 Å². The Morgan fingerprint density at radius 2 is 2.19 bits per heavy atom. The molecule has 0 unspecified atom stereocenters. The molecule has 0 aliphatic rings. The Kier molecular flexibility index (Phi) is 4.16. The molecule has 106 valence electrons. The largest absolute Gasteiger partial charge is 0.482 e. The average Bonchev–Trinajstić information content (AvgIpc) is 2.94. The normalized spacial score (nSPS) is 9.67. The number of aromatic nitrogens is 2. The van der Waals surface area contributed by atoms with E-state index in [9.17, 15) is 9.59 Å². The summed E-state index contributed by atoms with van der Waals surface area (Å²) in [6.45, 7) is -0.325. The van der Waals surface area contributed by atoms with Crippen LogP contribution in [-0.2, 0) is 4.79 Å². The molecular weight excluding hydrogens is 276 g/mol. The van der Waals surface area contributed by atoms with Gasteiger partial charge in [0, 0.05) is 6.07 Å². The van der Waals surface area contributed by atoms with E-state index in [-0.39, 0.29) is 18.1 Å². The van der Waals surface area contributed by atoms with Gasteiger partial charge < -0.3 is 15.2 Å². The lowest BCUT2D eigenvalue weighted by Gasteiger charge is -2.06. The molecule has 0 fully saturated rings. The van der Waals surface area contributed by atoms with Gasteiger partial charge in [-0.05, 0) is 12.1 Å². The van der Waals surface area contributed by atoms with Crippen LogP contribution in [-0.4, -0.2) is 33.8 Å². The van der Waals surface area contributed by atoms with Crippen LogP contribution in [0.2, 0.25) is 0 Å². The zero-order chi connectivity index (χ0) is 15.2. The first-order valence-corrected chi connectivity index (χ1v) is 5.80. The Bertz CT molecular complexity index is 717. The number of nitrogens with one attached hydrogen (secondary N) is 2. The minimum Gasteiger partial charge on any atom is -0.482 e. The second kappa shape index (κ2) is 6.21. The number of para-hydroxylation sites is 1. The van der Waals surface area contributed by atoms with Crippen LogP contribution in [0.1, 0.15) is 16.1 Å². The monoisotopic (exact) mass is 286 g/mol. The number of aromatic amines is 1. The van der Waals surface area contributed by atoms with E-state index in [2.05, 4.69) is 15.5 Å². The molecule has 2 rings (SSSR count). The number of carboxylic acid groups (broad SMARTS) is 1. The molecule has 1 aromatic heterocycles. The van der Waals surface area contributed by atoms with E-state index in [1.807, 2.05) is 6.07 Å². The predicted octanol–water partition coefficient (Wildman–Crippen LogP) is 0.997. The van der Waals surface area contributed by atoms with Gasteiger partial charge >= 0.3 is 5.97 Å². The summed E-state index contributed by atoms with van der Waals surface area (Å²) in [5.74, 6) is -1.33. The van der Waals surface area contributed by atoms with E-state index in [1.165, 1.54) is 6.07 Å². The Morgan fingerprint density at radius 3 is 2.86 bits per heavy atom. The van der Waals surface area contributed by atoms with Crippen LogP contribution >= 0.6 is 0 Å². The molecule has 0 saturated carbocycles. The van der Waals surface area contributed by atoms with E-state index in [0.29, 0.717) is 11.3 Å². The number of carboxylic acids is 1. The van der Waals surface area contributed by atoms with E-state index < -0.39 is 11.9 Å². The van der Waals surface area contributed by atoms with Crippen molar-refractivity contribution in [2.75, 3.05) is 11.9 Å². The molecular formula is C13H10N4O4. The topological polar surface area (TPSA) is 128 Å². The molecule has 21 heavy (non-hydrogen) atoms. The molecule has 1 heterocycles. The maximum Gasteiger partial charge on any atom is 0.353 e. The van der Waals surface area contributed by atoms with Gasteiger partial charge in [-0.3, -0.25) is 9.89 Å². The zero-order valence-electron chi connectivity index (χ0n) is 10.7. The first kappa shape index (κ1) is 14.1. The van der Waals surface area contributed by atoms with Crippen LogP contribution < -0.4 is 10.1 Å². The number of hydrogen-bond acceptors (Lipinski definition) is 5. The third-order valence-electron chi connectivity index (χ3n) is 2.44. The van der Waals surface area contributed by atoms with Crippen LogP contribution in [0.15, 0.2) is 30.3 Å². The number of carbonyl (C=O) groups is 2. The number of nitriles is 1. The molecule has 0 saturated heterocycles. The van der Waals surface area contributed by atoms with Gasteiger partial charge in [0.2, 0.25) is 0 Å². The maximum atomic E-state index is 11.6. The van der Waals surface area contributed by atoms with Crippen LogP contribution in [0.5, 0.6) is 5.75 Å². The van der Waals surface area contributed by atoms with Crippen molar-refractivity contribution in [1.82, 2.24) is 10.2 Å². The van der Waals surface area contributed by atoms with Crippen LogP contribution in [0.25, 0.3) is 0 Å². The number of nitrogens with zero attached hydrogens (tertiary/aromatic N) is 2. The van der Waals surface area contributed by atoms with E-state index in [4.69, 9.17) is 15.1 Å². The summed E-state index contributed by atoms with van der Waals surface area (Å²) in [7, 11) is 0. The third-order valence-corrected chi connectivity index (χ3v) is 2.44. The van der Waals surface area contributed by atoms with Gasteiger partial charge in [0.1, 0.15) is 17.5 Å². The molecule has 1 aromatic carbocycles. The summed E-state index contributed by atoms with van der Waals surface area (Å²) in [6, 6.07) is 9.64. The van der Waals surface area contributed by atoms with Crippen molar-refractivity contribution in [2.24, 2.45) is 0 Å². The number of H-pyrrole nitrogens is 1. The first-order valence-electron chi connectivity index (χ1n) is 5.80. The molecule has 2 aromatic rings. The fourth-order valence-electron chi connectivity index (χ4n) is 1.50. The summed E-state index contributed by atoms with van der Waals surface area (Å²) >= 11 is 0. The van der Waals surface area contributed by atoms with Gasteiger partial charge in [-0.15, -0.1) is 0 Å². The number of benzene rings is 1. The fourth-order valence-corrected chi connectivity index (χ4v) is 1.50. The van der Waals surface area contributed by atoms with Crippen molar-refractivity contribution in [3.8, 4) is 11.8 Å². The summed E-state index contributed by atoms with van der Waals surface area (Å²) in [5, 5.41) is 25.8. The summed E-state index contributed by atoms with van der Waals surface area (Å²) < 4.78 is 5.23. The van der Waals surface area contributed by atoms with Crippen molar-refractivity contribution in [2.45, 2.75) is 0 Å². The molecule has 8 nitrogen and oxygen atoms in total. The Labute approximate surface area is 119 Å². The van der Waals surface area contributed by atoms with Gasteiger partial charge in [-0.1, -0.05) is 12.1 Å². The van der Waals surface area contributed by atoms with Gasteiger partial charge in [0.15, 0.2) is 12.4 Å². The molecule has 1 amide bonds. The number of amides is 1. The summed E-state index contributed by atoms with van der Waals surface area (Å²) in [6.07, 6.45) is 0.